The maximum absolute atomic E-state index is 11.1. The average Bonchev–Trinajstić information content (AvgIpc) is 2.16. The minimum atomic E-state index is -0.277. The summed E-state index contributed by atoms with van der Waals surface area (Å²) in [5.41, 5.74) is 6.03. The lowest BCUT2D eigenvalue weighted by Gasteiger charge is -2.36. The molecule has 1 saturated carbocycles. The van der Waals surface area contributed by atoms with Gasteiger partial charge in [0.05, 0.1) is 0 Å². The van der Waals surface area contributed by atoms with Gasteiger partial charge in [-0.25, -0.2) is 0 Å². The second kappa shape index (κ2) is 5.51. The van der Waals surface area contributed by atoms with Crippen LogP contribution in [-0.4, -0.2) is 5.91 Å². The van der Waals surface area contributed by atoms with Gasteiger partial charge in [-0.05, 0) is 43.4 Å². The molecule has 2 nitrogen and oxygen atoms in total. The molecule has 0 aromatic rings. The third kappa shape index (κ3) is 3.36. The van der Waals surface area contributed by atoms with E-state index in [4.69, 9.17) is 5.73 Å². The highest BCUT2D eigenvalue weighted by Crippen LogP contribution is 2.39. The lowest BCUT2D eigenvalue weighted by Crippen LogP contribution is -2.27. The van der Waals surface area contributed by atoms with Crippen LogP contribution in [-0.2, 0) is 4.79 Å². The summed E-state index contributed by atoms with van der Waals surface area (Å²) in [7, 11) is 0. The quantitative estimate of drug-likeness (QED) is 0.734. The SMILES string of the molecule is C/C(=C\[C@H]1C[C@@H](C)CC[C@@H]1C(C)C)C(N)=O. The molecule has 1 amide bonds. The summed E-state index contributed by atoms with van der Waals surface area (Å²) in [4.78, 5) is 11.1. The van der Waals surface area contributed by atoms with Crippen LogP contribution in [0.4, 0.5) is 0 Å². The van der Waals surface area contributed by atoms with Crippen LogP contribution in [0.25, 0.3) is 0 Å². The van der Waals surface area contributed by atoms with Crippen LogP contribution in [0.1, 0.15) is 47.0 Å². The van der Waals surface area contributed by atoms with Crippen LogP contribution in [0.5, 0.6) is 0 Å². The number of carbonyl (C=O) groups is 1. The second-order valence-corrected chi connectivity index (χ2v) is 5.70. The van der Waals surface area contributed by atoms with Gasteiger partial charge in [-0.2, -0.15) is 0 Å². The van der Waals surface area contributed by atoms with Crippen LogP contribution >= 0.6 is 0 Å². The number of allylic oxidation sites excluding steroid dienone is 1. The van der Waals surface area contributed by atoms with E-state index in [1.165, 1.54) is 19.3 Å². The predicted octanol–water partition coefficient (Wildman–Crippen LogP) is 3.13. The predicted molar refractivity (Wildman–Crippen MR) is 67.8 cm³/mol. The first-order chi connectivity index (χ1) is 7.41. The number of amides is 1. The van der Waals surface area contributed by atoms with Crippen molar-refractivity contribution in [3.05, 3.63) is 11.6 Å². The Bertz CT molecular complexity index is 280. The smallest absolute Gasteiger partial charge is 0.244 e. The van der Waals surface area contributed by atoms with Gasteiger partial charge in [0.25, 0.3) is 0 Å². The minimum absolute atomic E-state index is 0.277. The number of primary amides is 1. The maximum Gasteiger partial charge on any atom is 0.244 e. The van der Waals surface area contributed by atoms with Gasteiger partial charge >= 0.3 is 0 Å². The summed E-state index contributed by atoms with van der Waals surface area (Å²) < 4.78 is 0. The number of hydrogen-bond donors (Lipinski definition) is 1. The van der Waals surface area contributed by atoms with Gasteiger partial charge in [0, 0.05) is 5.57 Å². The molecule has 0 aromatic carbocycles. The second-order valence-electron chi connectivity index (χ2n) is 5.70. The van der Waals surface area contributed by atoms with Crippen molar-refractivity contribution in [2.45, 2.75) is 47.0 Å². The normalized spacial score (nSPS) is 31.8. The van der Waals surface area contributed by atoms with Crippen molar-refractivity contribution in [1.29, 1.82) is 0 Å². The van der Waals surface area contributed by atoms with Gasteiger partial charge in [0.1, 0.15) is 0 Å². The Morgan fingerprint density at radius 1 is 1.38 bits per heavy atom. The molecule has 92 valence electrons. The molecular formula is C14H25NO. The highest BCUT2D eigenvalue weighted by Gasteiger charge is 2.29. The number of carbonyl (C=O) groups excluding carboxylic acids is 1. The van der Waals surface area contributed by atoms with Crippen LogP contribution in [0.15, 0.2) is 11.6 Å². The van der Waals surface area contributed by atoms with Crippen LogP contribution in [0.3, 0.4) is 0 Å². The van der Waals surface area contributed by atoms with Crippen LogP contribution in [0.2, 0.25) is 0 Å². The zero-order valence-electron chi connectivity index (χ0n) is 11.0. The van der Waals surface area contributed by atoms with E-state index in [1.807, 2.05) is 6.92 Å². The molecule has 1 aliphatic carbocycles. The minimum Gasteiger partial charge on any atom is -0.366 e. The molecule has 0 unspecified atom stereocenters. The Hall–Kier alpha value is -0.790. The third-order valence-electron chi connectivity index (χ3n) is 3.93. The maximum atomic E-state index is 11.1. The molecule has 1 rings (SSSR count). The molecule has 0 aromatic heterocycles. The van der Waals surface area contributed by atoms with Crippen LogP contribution in [0, 0.1) is 23.7 Å². The monoisotopic (exact) mass is 223 g/mol. The number of rotatable bonds is 3. The molecule has 0 radical (unpaired) electrons. The molecule has 1 aliphatic rings. The summed E-state index contributed by atoms with van der Waals surface area (Å²) in [6.07, 6.45) is 5.92. The fraction of sp³-hybridized carbons (Fsp3) is 0.786. The third-order valence-corrected chi connectivity index (χ3v) is 3.93. The Balaban J connectivity index is 2.79. The van der Waals surface area contributed by atoms with E-state index in [0.29, 0.717) is 17.8 Å². The molecular weight excluding hydrogens is 198 g/mol. The molecule has 3 atom stereocenters. The Labute approximate surface area is 99.3 Å². The molecule has 0 aliphatic heterocycles. The summed E-state index contributed by atoms with van der Waals surface area (Å²) in [5.74, 6) is 2.44. The molecule has 1 fully saturated rings. The van der Waals surface area contributed by atoms with Gasteiger partial charge in [0.2, 0.25) is 5.91 Å². The van der Waals surface area contributed by atoms with E-state index in [2.05, 4.69) is 26.8 Å². The van der Waals surface area contributed by atoms with E-state index in [-0.39, 0.29) is 5.91 Å². The zero-order valence-corrected chi connectivity index (χ0v) is 11.0. The first-order valence-electron chi connectivity index (χ1n) is 6.40. The highest BCUT2D eigenvalue weighted by molar-refractivity contribution is 5.91. The van der Waals surface area contributed by atoms with E-state index in [1.54, 1.807) is 0 Å². The summed E-state index contributed by atoms with van der Waals surface area (Å²) in [6, 6.07) is 0. The highest BCUT2D eigenvalue weighted by atomic mass is 16.1. The van der Waals surface area contributed by atoms with Crippen molar-refractivity contribution in [2.75, 3.05) is 0 Å². The summed E-state index contributed by atoms with van der Waals surface area (Å²) in [6.45, 7) is 8.69. The van der Waals surface area contributed by atoms with Gasteiger partial charge < -0.3 is 5.73 Å². The van der Waals surface area contributed by atoms with E-state index < -0.39 is 0 Å². The standard InChI is InChI=1S/C14H25NO/c1-9(2)13-6-5-10(3)7-12(13)8-11(4)14(15)16/h8-10,12-13H,5-7H2,1-4H3,(H2,15,16)/b11-8+/t10-,12+,13+/m0/s1. The largest absolute Gasteiger partial charge is 0.366 e. The van der Waals surface area contributed by atoms with Crippen molar-refractivity contribution >= 4 is 5.91 Å². The molecule has 0 bridgehead atoms. The number of hydrogen-bond acceptors (Lipinski definition) is 1. The topological polar surface area (TPSA) is 43.1 Å². The van der Waals surface area contributed by atoms with Gasteiger partial charge in [-0.15, -0.1) is 0 Å². The molecule has 0 heterocycles. The Kier molecular flexibility index (Phi) is 4.57. The fourth-order valence-electron chi connectivity index (χ4n) is 2.87. The van der Waals surface area contributed by atoms with Gasteiger partial charge in [-0.3, -0.25) is 4.79 Å². The summed E-state index contributed by atoms with van der Waals surface area (Å²) >= 11 is 0. The van der Waals surface area contributed by atoms with E-state index in [9.17, 15) is 4.79 Å². The van der Waals surface area contributed by atoms with Crippen molar-refractivity contribution < 1.29 is 4.79 Å². The summed E-state index contributed by atoms with van der Waals surface area (Å²) in [5, 5.41) is 0. The van der Waals surface area contributed by atoms with Crippen molar-refractivity contribution in [2.24, 2.45) is 29.4 Å². The van der Waals surface area contributed by atoms with Crippen molar-refractivity contribution in [3.8, 4) is 0 Å². The van der Waals surface area contributed by atoms with Crippen molar-refractivity contribution in [1.82, 2.24) is 0 Å². The Morgan fingerprint density at radius 3 is 2.50 bits per heavy atom. The first kappa shape index (κ1) is 13.3. The van der Waals surface area contributed by atoms with Crippen LogP contribution < -0.4 is 5.73 Å². The lowest BCUT2D eigenvalue weighted by atomic mass is 9.69. The zero-order chi connectivity index (χ0) is 12.3. The first-order valence-corrected chi connectivity index (χ1v) is 6.40. The molecule has 0 saturated heterocycles. The fourth-order valence-corrected chi connectivity index (χ4v) is 2.87. The van der Waals surface area contributed by atoms with E-state index in [0.717, 1.165) is 11.5 Å². The van der Waals surface area contributed by atoms with Crippen molar-refractivity contribution in [3.63, 3.8) is 0 Å². The average molecular weight is 223 g/mol. The lowest BCUT2D eigenvalue weighted by molar-refractivity contribution is -0.114. The molecule has 2 N–H and O–H groups in total. The molecule has 2 heteroatoms. The Morgan fingerprint density at radius 2 is 2.00 bits per heavy atom. The van der Waals surface area contributed by atoms with E-state index >= 15 is 0 Å². The molecule has 0 spiro atoms. The van der Waals surface area contributed by atoms with Gasteiger partial charge in [0.15, 0.2) is 0 Å². The van der Waals surface area contributed by atoms with Gasteiger partial charge in [-0.1, -0.05) is 33.3 Å². The molecule has 16 heavy (non-hydrogen) atoms. The number of nitrogens with two attached hydrogens (primary N) is 1.